The number of methoxy groups -OCH3 is 1. The number of hydrogen-bond acceptors (Lipinski definition) is 6. The molecule has 2 aromatic carbocycles. The van der Waals surface area contributed by atoms with Gasteiger partial charge in [-0.25, -0.2) is 4.79 Å². The number of carbonyl (C=O) groups is 2. The Morgan fingerprint density at radius 2 is 1.57 bits per heavy atom. The van der Waals surface area contributed by atoms with Crippen LogP contribution in [0.1, 0.15) is 57.8 Å². The molecule has 0 fully saturated rings. The van der Waals surface area contributed by atoms with Crippen molar-refractivity contribution >= 4 is 36.8 Å². The number of pyridine rings is 1. The smallest absolute Gasteiger partial charge is 0.337 e. The van der Waals surface area contributed by atoms with Crippen LogP contribution in [-0.2, 0) is 40.3 Å². The Morgan fingerprint density at radius 1 is 0.946 bits per heavy atom. The second-order valence-corrected chi connectivity index (χ2v) is 9.17. The van der Waals surface area contributed by atoms with Gasteiger partial charge in [0.25, 0.3) is 0 Å². The Hall–Kier alpha value is -2.93. The highest BCUT2D eigenvalue weighted by atomic mass is 35.5. The molecule has 0 saturated carbocycles. The van der Waals surface area contributed by atoms with Gasteiger partial charge in [-0.15, -0.1) is 24.8 Å². The summed E-state index contributed by atoms with van der Waals surface area (Å²) in [6.07, 6.45) is 0.912. The quantitative estimate of drug-likeness (QED) is 0.334. The average Bonchev–Trinajstić information content (AvgIpc) is 2.84. The summed E-state index contributed by atoms with van der Waals surface area (Å²) in [5.74, 6) is -0.323. The van der Waals surface area contributed by atoms with Crippen molar-refractivity contribution in [3.63, 3.8) is 0 Å². The molecule has 0 unspecified atom stereocenters. The molecule has 0 spiro atoms. The SMILES string of the molecule is COC(=O)c1ccc(COC(=O)Cc2c(C)nc(CC(C)C)c(CN)c2-c2ccc(C)cc2)cc1.Cl.Cl. The van der Waals surface area contributed by atoms with Crippen molar-refractivity contribution < 1.29 is 19.1 Å². The number of halogens is 2. The molecular weight excluding hydrogens is 511 g/mol. The Morgan fingerprint density at radius 3 is 2.11 bits per heavy atom. The van der Waals surface area contributed by atoms with E-state index < -0.39 is 5.97 Å². The molecule has 8 heteroatoms. The van der Waals surface area contributed by atoms with Gasteiger partial charge in [0.2, 0.25) is 0 Å². The van der Waals surface area contributed by atoms with E-state index in [0.29, 0.717) is 18.0 Å². The number of aryl methyl sites for hydroxylation is 2. The molecule has 0 atom stereocenters. The summed E-state index contributed by atoms with van der Waals surface area (Å²) in [5.41, 5.74) is 14.3. The molecule has 200 valence electrons. The van der Waals surface area contributed by atoms with Crippen LogP contribution in [-0.4, -0.2) is 24.0 Å². The van der Waals surface area contributed by atoms with Crippen molar-refractivity contribution in [2.45, 2.75) is 53.7 Å². The first-order valence-corrected chi connectivity index (χ1v) is 11.8. The highest BCUT2D eigenvalue weighted by Crippen LogP contribution is 2.33. The second kappa shape index (κ2) is 14.7. The number of aromatic nitrogens is 1. The number of carbonyl (C=O) groups excluding carboxylic acids is 2. The summed E-state index contributed by atoms with van der Waals surface area (Å²) in [5, 5.41) is 0. The van der Waals surface area contributed by atoms with E-state index in [-0.39, 0.29) is 43.8 Å². The zero-order valence-corrected chi connectivity index (χ0v) is 23.6. The van der Waals surface area contributed by atoms with Gasteiger partial charge in [-0.2, -0.15) is 0 Å². The average molecular weight is 548 g/mol. The molecular formula is C29H36Cl2N2O4. The van der Waals surface area contributed by atoms with Crippen molar-refractivity contribution in [1.29, 1.82) is 0 Å². The predicted octanol–water partition coefficient (Wildman–Crippen LogP) is 5.94. The largest absolute Gasteiger partial charge is 0.465 e. The number of esters is 2. The molecule has 0 amide bonds. The lowest BCUT2D eigenvalue weighted by Crippen LogP contribution is -2.16. The van der Waals surface area contributed by atoms with Crippen LogP contribution >= 0.6 is 24.8 Å². The fourth-order valence-electron chi connectivity index (χ4n) is 4.12. The first-order chi connectivity index (χ1) is 16.7. The molecule has 1 heterocycles. The Balaban J connectivity index is 0.00000342. The van der Waals surface area contributed by atoms with Crippen LogP contribution in [0.3, 0.4) is 0 Å². The Kier molecular flexibility index (Phi) is 12.8. The molecule has 6 nitrogen and oxygen atoms in total. The van der Waals surface area contributed by atoms with Crippen LogP contribution in [0, 0.1) is 19.8 Å². The van der Waals surface area contributed by atoms with Gasteiger partial charge in [-0.05, 0) is 66.1 Å². The van der Waals surface area contributed by atoms with Gasteiger partial charge in [0, 0.05) is 17.9 Å². The number of rotatable bonds is 9. The third kappa shape index (κ3) is 8.29. The Labute approximate surface area is 231 Å². The Bertz CT molecular complexity index is 1190. The van der Waals surface area contributed by atoms with E-state index in [1.54, 1.807) is 24.3 Å². The molecule has 0 aliphatic carbocycles. The topological polar surface area (TPSA) is 91.5 Å². The van der Waals surface area contributed by atoms with Crippen LogP contribution in [0.4, 0.5) is 0 Å². The minimum absolute atomic E-state index is 0. The fraction of sp³-hybridized carbons (Fsp3) is 0.345. The monoisotopic (exact) mass is 546 g/mol. The van der Waals surface area contributed by atoms with E-state index in [1.807, 2.05) is 13.8 Å². The number of benzene rings is 2. The van der Waals surface area contributed by atoms with Crippen LogP contribution in [0.25, 0.3) is 11.1 Å². The van der Waals surface area contributed by atoms with Crippen LogP contribution in [0.15, 0.2) is 48.5 Å². The van der Waals surface area contributed by atoms with Gasteiger partial charge < -0.3 is 15.2 Å². The van der Waals surface area contributed by atoms with E-state index in [1.165, 1.54) is 7.11 Å². The molecule has 0 saturated heterocycles. The van der Waals surface area contributed by atoms with Crippen molar-refractivity contribution in [2.75, 3.05) is 7.11 Å². The fourth-order valence-corrected chi connectivity index (χ4v) is 4.12. The standard InChI is InChI=1S/C29H34N2O4.2ClH/c1-18(2)14-26-25(16-30)28(22-10-6-19(3)7-11-22)24(20(4)31-26)15-27(32)35-17-21-8-12-23(13-9-21)29(33)34-5;;/h6-13,18H,14-17,30H2,1-5H3;2*1H. The molecule has 3 aromatic rings. The molecule has 0 aliphatic heterocycles. The van der Waals surface area contributed by atoms with Crippen molar-refractivity contribution in [3.8, 4) is 11.1 Å². The number of ether oxygens (including phenoxy) is 2. The van der Waals surface area contributed by atoms with E-state index in [0.717, 1.165) is 51.2 Å². The van der Waals surface area contributed by atoms with Crippen LogP contribution < -0.4 is 5.73 Å². The van der Waals surface area contributed by atoms with Crippen molar-refractivity contribution in [1.82, 2.24) is 4.98 Å². The maximum Gasteiger partial charge on any atom is 0.337 e. The maximum absolute atomic E-state index is 12.9. The van der Waals surface area contributed by atoms with Gasteiger partial charge in [-0.1, -0.05) is 55.8 Å². The molecule has 0 radical (unpaired) electrons. The third-order valence-electron chi connectivity index (χ3n) is 5.93. The number of hydrogen-bond donors (Lipinski definition) is 1. The molecule has 2 N–H and O–H groups in total. The van der Waals surface area contributed by atoms with Gasteiger partial charge in [0.1, 0.15) is 6.61 Å². The van der Waals surface area contributed by atoms with Gasteiger partial charge in [0.05, 0.1) is 19.1 Å². The van der Waals surface area contributed by atoms with Gasteiger partial charge in [0.15, 0.2) is 0 Å². The summed E-state index contributed by atoms with van der Waals surface area (Å²) in [6.45, 7) is 8.76. The first kappa shape index (κ1) is 32.1. The summed E-state index contributed by atoms with van der Waals surface area (Å²) in [6, 6.07) is 15.1. The number of nitrogens with zero attached hydrogens (tertiary/aromatic N) is 1. The van der Waals surface area contributed by atoms with E-state index in [4.69, 9.17) is 20.2 Å². The molecule has 1 aromatic heterocycles. The predicted molar refractivity (Wildman–Crippen MR) is 151 cm³/mol. The molecule has 0 bridgehead atoms. The maximum atomic E-state index is 12.9. The zero-order chi connectivity index (χ0) is 25.5. The second-order valence-electron chi connectivity index (χ2n) is 9.17. The lowest BCUT2D eigenvalue weighted by atomic mass is 9.88. The molecule has 3 rings (SSSR count). The zero-order valence-electron chi connectivity index (χ0n) is 22.0. The van der Waals surface area contributed by atoms with E-state index >= 15 is 0 Å². The van der Waals surface area contributed by atoms with Crippen LogP contribution in [0.2, 0.25) is 0 Å². The molecule has 0 aliphatic rings. The summed E-state index contributed by atoms with van der Waals surface area (Å²) < 4.78 is 10.3. The normalized spacial score (nSPS) is 10.4. The van der Waals surface area contributed by atoms with Crippen molar-refractivity contribution in [3.05, 3.63) is 87.7 Å². The van der Waals surface area contributed by atoms with Gasteiger partial charge in [-0.3, -0.25) is 9.78 Å². The summed E-state index contributed by atoms with van der Waals surface area (Å²) in [7, 11) is 1.34. The first-order valence-electron chi connectivity index (χ1n) is 11.8. The van der Waals surface area contributed by atoms with E-state index in [2.05, 4.69) is 38.1 Å². The number of nitrogens with two attached hydrogens (primary N) is 1. The minimum atomic E-state index is -0.406. The third-order valence-corrected chi connectivity index (χ3v) is 5.93. The lowest BCUT2D eigenvalue weighted by molar-refractivity contribution is -0.144. The summed E-state index contributed by atoms with van der Waals surface area (Å²) >= 11 is 0. The summed E-state index contributed by atoms with van der Waals surface area (Å²) in [4.78, 5) is 29.4. The molecule has 37 heavy (non-hydrogen) atoms. The lowest BCUT2D eigenvalue weighted by Gasteiger charge is -2.21. The van der Waals surface area contributed by atoms with Crippen molar-refractivity contribution in [2.24, 2.45) is 11.7 Å². The van der Waals surface area contributed by atoms with Gasteiger partial charge >= 0.3 is 11.9 Å². The van der Waals surface area contributed by atoms with Crippen LogP contribution in [0.5, 0.6) is 0 Å². The highest BCUT2D eigenvalue weighted by Gasteiger charge is 2.21. The van der Waals surface area contributed by atoms with E-state index in [9.17, 15) is 9.59 Å². The minimum Gasteiger partial charge on any atom is -0.465 e. The highest BCUT2D eigenvalue weighted by molar-refractivity contribution is 5.89.